The topological polar surface area (TPSA) is 96.2 Å². The summed E-state index contributed by atoms with van der Waals surface area (Å²) in [4.78, 5) is 12.0. The summed E-state index contributed by atoms with van der Waals surface area (Å²) in [6.45, 7) is 0. The first-order chi connectivity index (χ1) is 10.5. The highest BCUT2D eigenvalue weighted by Gasteiger charge is 2.14. The molecule has 5 nitrogen and oxygen atoms in total. The van der Waals surface area contributed by atoms with Crippen LogP contribution >= 0.6 is 11.8 Å². The van der Waals surface area contributed by atoms with E-state index in [4.69, 9.17) is 5.26 Å². The fourth-order valence-corrected chi connectivity index (χ4v) is 2.49. The second kappa shape index (κ2) is 6.87. The van der Waals surface area contributed by atoms with Crippen molar-refractivity contribution in [3.05, 3.63) is 53.6 Å². The third-order valence-electron chi connectivity index (χ3n) is 3.10. The zero-order chi connectivity index (χ0) is 16.1. The molecular weight excluding hydrogens is 300 g/mol. The van der Waals surface area contributed by atoms with Crippen LogP contribution in [0.25, 0.3) is 0 Å². The lowest BCUT2D eigenvalue weighted by Crippen LogP contribution is -2.34. The van der Waals surface area contributed by atoms with Crippen molar-refractivity contribution in [1.29, 1.82) is 5.26 Å². The molecule has 0 saturated carbocycles. The lowest BCUT2D eigenvalue weighted by molar-refractivity contribution is -0.307. The van der Waals surface area contributed by atoms with Gasteiger partial charge in [-0.25, -0.2) is 0 Å². The Morgan fingerprint density at radius 3 is 2.55 bits per heavy atom. The van der Waals surface area contributed by atoms with Gasteiger partial charge in [-0.05, 0) is 48.2 Å². The quantitative estimate of drug-likeness (QED) is 0.818. The van der Waals surface area contributed by atoms with Crippen molar-refractivity contribution in [2.24, 2.45) is 0 Å². The molecule has 2 rings (SSSR count). The smallest absolute Gasteiger partial charge is 0.129 e. The number of phenolic OH excluding ortho intramolecular Hbond substituents is 1. The number of carboxylic acid groups (broad SMARTS) is 1. The van der Waals surface area contributed by atoms with E-state index in [0.717, 1.165) is 0 Å². The zero-order valence-electron chi connectivity index (χ0n) is 11.7. The standard InChI is InChI=1S/C16H14N2O3S/c1-22-14-8-11(4-7-13(14)19)15(16(20)21)18-12-5-2-10(9-17)3-6-12/h2-8,15,18-19H,1H3,(H,20,21)/p-1. The van der Waals surface area contributed by atoms with E-state index in [9.17, 15) is 15.0 Å². The minimum Gasteiger partial charge on any atom is -0.548 e. The molecule has 0 aliphatic carbocycles. The molecule has 0 fully saturated rings. The minimum absolute atomic E-state index is 0.103. The molecular formula is C16H13N2O3S-. The predicted octanol–water partition coefficient (Wildman–Crippen LogP) is 1.89. The molecule has 6 heteroatoms. The van der Waals surface area contributed by atoms with Gasteiger partial charge < -0.3 is 20.3 Å². The van der Waals surface area contributed by atoms with Crippen LogP contribution in [0.3, 0.4) is 0 Å². The Bertz CT molecular complexity index is 723. The molecule has 2 aromatic rings. The molecule has 0 spiro atoms. The van der Waals surface area contributed by atoms with Crippen molar-refractivity contribution in [2.75, 3.05) is 11.6 Å². The van der Waals surface area contributed by atoms with Crippen LogP contribution in [0.15, 0.2) is 47.4 Å². The van der Waals surface area contributed by atoms with Crippen molar-refractivity contribution in [1.82, 2.24) is 0 Å². The van der Waals surface area contributed by atoms with Crippen molar-refractivity contribution in [3.8, 4) is 11.8 Å². The van der Waals surface area contributed by atoms with E-state index in [1.165, 1.54) is 23.9 Å². The molecule has 0 bridgehead atoms. The third kappa shape index (κ3) is 3.51. The van der Waals surface area contributed by atoms with Gasteiger partial charge in [-0.3, -0.25) is 0 Å². The van der Waals surface area contributed by atoms with Gasteiger partial charge in [0.05, 0.1) is 23.6 Å². The average molecular weight is 313 g/mol. The second-order valence-electron chi connectivity index (χ2n) is 4.52. The van der Waals surface area contributed by atoms with Gasteiger partial charge in [0.15, 0.2) is 0 Å². The molecule has 0 radical (unpaired) electrons. The highest BCUT2D eigenvalue weighted by atomic mass is 32.2. The molecule has 0 saturated heterocycles. The fourth-order valence-electron chi connectivity index (χ4n) is 1.96. The Kier molecular flexibility index (Phi) is 4.92. The number of aliphatic carboxylic acids is 1. The Balaban J connectivity index is 2.30. The van der Waals surface area contributed by atoms with Gasteiger partial charge in [-0.1, -0.05) is 6.07 Å². The van der Waals surface area contributed by atoms with Crippen molar-refractivity contribution in [2.45, 2.75) is 10.9 Å². The van der Waals surface area contributed by atoms with Crippen LogP contribution in [0.1, 0.15) is 17.2 Å². The molecule has 1 atom stereocenters. The van der Waals surface area contributed by atoms with Crippen LogP contribution in [0.5, 0.6) is 5.75 Å². The Labute approximate surface area is 132 Å². The van der Waals surface area contributed by atoms with E-state index < -0.39 is 12.0 Å². The number of hydrogen-bond acceptors (Lipinski definition) is 6. The van der Waals surface area contributed by atoms with Crippen molar-refractivity contribution in [3.63, 3.8) is 0 Å². The molecule has 0 aliphatic heterocycles. The Hall–Kier alpha value is -2.65. The Morgan fingerprint density at radius 1 is 1.32 bits per heavy atom. The van der Waals surface area contributed by atoms with Gasteiger partial charge in [0.2, 0.25) is 0 Å². The van der Waals surface area contributed by atoms with Crippen molar-refractivity contribution >= 4 is 23.4 Å². The molecule has 0 heterocycles. The first-order valence-electron chi connectivity index (χ1n) is 6.39. The van der Waals surface area contributed by atoms with Gasteiger partial charge >= 0.3 is 0 Å². The van der Waals surface area contributed by atoms with E-state index in [1.54, 1.807) is 36.6 Å². The number of nitrogens with zero attached hydrogens (tertiary/aromatic N) is 1. The normalized spacial score (nSPS) is 11.5. The van der Waals surface area contributed by atoms with Gasteiger partial charge in [0.25, 0.3) is 0 Å². The maximum absolute atomic E-state index is 11.4. The number of hydrogen-bond donors (Lipinski definition) is 2. The SMILES string of the molecule is CSc1cc(C(Nc2ccc(C#N)cc2)C(=O)[O-])ccc1O. The maximum Gasteiger partial charge on any atom is 0.129 e. The van der Waals surface area contributed by atoms with Gasteiger partial charge in [-0.2, -0.15) is 5.26 Å². The number of phenols is 1. The number of thioether (sulfide) groups is 1. The molecule has 22 heavy (non-hydrogen) atoms. The third-order valence-corrected chi connectivity index (χ3v) is 3.86. The van der Waals surface area contributed by atoms with Crippen LogP contribution in [-0.2, 0) is 4.79 Å². The van der Waals surface area contributed by atoms with E-state index in [0.29, 0.717) is 21.7 Å². The van der Waals surface area contributed by atoms with Crippen LogP contribution < -0.4 is 10.4 Å². The van der Waals surface area contributed by atoms with Gasteiger partial charge in [0, 0.05) is 10.6 Å². The fraction of sp³-hybridized carbons (Fsp3) is 0.125. The molecule has 112 valence electrons. The van der Waals surface area contributed by atoms with Crippen molar-refractivity contribution < 1.29 is 15.0 Å². The number of carboxylic acids is 1. The first kappa shape index (κ1) is 15.7. The highest BCUT2D eigenvalue weighted by Crippen LogP contribution is 2.30. The van der Waals surface area contributed by atoms with Crippen LogP contribution in [0, 0.1) is 11.3 Å². The summed E-state index contributed by atoms with van der Waals surface area (Å²) in [6.07, 6.45) is 1.79. The van der Waals surface area contributed by atoms with Gasteiger partial charge in [0.1, 0.15) is 5.75 Å². The summed E-state index contributed by atoms with van der Waals surface area (Å²) in [7, 11) is 0. The summed E-state index contributed by atoms with van der Waals surface area (Å²) in [5.41, 5.74) is 1.53. The molecule has 1 unspecified atom stereocenters. The summed E-state index contributed by atoms with van der Waals surface area (Å²) < 4.78 is 0. The molecule has 0 aliphatic rings. The van der Waals surface area contributed by atoms with E-state index in [1.807, 2.05) is 6.07 Å². The molecule has 0 aromatic heterocycles. The predicted molar refractivity (Wildman–Crippen MR) is 82.4 cm³/mol. The van der Waals surface area contributed by atoms with E-state index in [2.05, 4.69) is 5.32 Å². The number of aromatic hydroxyl groups is 1. The highest BCUT2D eigenvalue weighted by molar-refractivity contribution is 7.98. The summed E-state index contributed by atoms with van der Waals surface area (Å²) in [6, 6.07) is 12.0. The van der Waals surface area contributed by atoms with E-state index >= 15 is 0 Å². The number of nitrogens with one attached hydrogen (secondary N) is 1. The average Bonchev–Trinajstić information content (AvgIpc) is 2.53. The summed E-state index contributed by atoms with van der Waals surface area (Å²) >= 11 is 1.32. The molecule has 2 N–H and O–H groups in total. The van der Waals surface area contributed by atoms with Gasteiger partial charge in [-0.15, -0.1) is 11.8 Å². The number of benzene rings is 2. The minimum atomic E-state index is -1.28. The number of anilines is 1. The number of rotatable bonds is 5. The second-order valence-corrected chi connectivity index (χ2v) is 5.36. The number of nitriles is 1. The lowest BCUT2D eigenvalue weighted by Gasteiger charge is -2.22. The number of carbonyl (C=O) groups excluding carboxylic acids is 1. The lowest BCUT2D eigenvalue weighted by atomic mass is 10.1. The van der Waals surface area contributed by atoms with E-state index in [-0.39, 0.29) is 5.75 Å². The largest absolute Gasteiger partial charge is 0.548 e. The Morgan fingerprint density at radius 2 is 2.00 bits per heavy atom. The zero-order valence-corrected chi connectivity index (χ0v) is 12.6. The van der Waals surface area contributed by atoms with Crippen LogP contribution in [0.4, 0.5) is 5.69 Å². The first-order valence-corrected chi connectivity index (χ1v) is 7.62. The maximum atomic E-state index is 11.4. The monoisotopic (exact) mass is 313 g/mol. The summed E-state index contributed by atoms with van der Waals surface area (Å²) in [5, 5.41) is 32.7. The number of carbonyl (C=O) groups is 1. The molecule has 2 aromatic carbocycles. The summed E-state index contributed by atoms with van der Waals surface area (Å²) in [5.74, 6) is -1.17. The van der Waals surface area contributed by atoms with Crippen LogP contribution in [0.2, 0.25) is 0 Å². The van der Waals surface area contributed by atoms with Crippen LogP contribution in [-0.4, -0.2) is 17.3 Å². The molecule has 0 amide bonds.